The second-order valence-electron chi connectivity index (χ2n) is 10.8. The number of morpholine rings is 1. The Kier molecular flexibility index (Phi) is 5.10. The van der Waals surface area contributed by atoms with Gasteiger partial charge in [-0.3, -0.25) is 0 Å². The molecule has 0 saturated carbocycles. The summed E-state index contributed by atoms with van der Waals surface area (Å²) >= 11 is 0. The van der Waals surface area contributed by atoms with E-state index >= 15 is 0 Å². The van der Waals surface area contributed by atoms with E-state index in [1.807, 2.05) is 17.3 Å². The number of urea groups is 1. The fraction of sp³-hybridized carbons (Fsp3) is 0.500. The molecule has 2 N–H and O–H groups in total. The van der Waals surface area contributed by atoms with Crippen LogP contribution in [0.25, 0.3) is 22.2 Å². The first-order valence-electron chi connectivity index (χ1n) is 13.1. The number of rotatable bonds is 2. The number of ether oxygens (including phenoxy) is 1. The van der Waals surface area contributed by atoms with Crippen molar-refractivity contribution in [2.24, 2.45) is 0 Å². The lowest BCUT2D eigenvalue weighted by molar-refractivity contribution is -0.0291. The van der Waals surface area contributed by atoms with Crippen molar-refractivity contribution in [1.29, 1.82) is 0 Å². The molecule has 3 saturated heterocycles. The Labute approximate surface area is 205 Å². The fourth-order valence-corrected chi connectivity index (χ4v) is 6.55. The van der Waals surface area contributed by atoms with Gasteiger partial charge in [-0.1, -0.05) is 6.07 Å². The molecule has 0 aliphatic carbocycles. The van der Waals surface area contributed by atoms with Crippen molar-refractivity contribution >= 4 is 17.1 Å². The van der Waals surface area contributed by atoms with E-state index in [0.717, 1.165) is 63.1 Å². The monoisotopic (exact) mass is 471 g/mol. The Morgan fingerprint density at radius 3 is 2.74 bits per heavy atom. The Balaban J connectivity index is 1.23. The molecule has 7 rings (SSSR count). The van der Waals surface area contributed by atoms with Gasteiger partial charge in [0.2, 0.25) is 0 Å². The van der Waals surface area contributed by atoms with Crippen molar-refractivity contribution in [1.82, 2.24) is 25.1 Å². The van der Waals surface area contributed by atoms with Gasteiger partial charge in [0.05, 0.1) is 12.2 Å². The van der Waals surface area contributed by atoms with Gasteiger partial charge in [-0.05, 0) is 85.5 Å². The van der Waals surface area contributed by atoms with Crippen LogP contribution >= 0.6 is 0 Å². The molecule has 3 unspecified atom stereocenters. The summed E-state index contributed by atoms with van der Waals surface area (Å²) in [6.07, 6.45) is 9.86. The standard InChI is InChI=1S/C28H33N5O2/c1-17-12-30-27-23(17)11-20(13-31-27)19-9-18-6-8-32(16-25(18)24(10-19)26-3-2-7-29-26)28(34)33-14-21-4-5-22(15-33)35-21/h9-13,21-22,26,29H,2-8,14-16H2,1H3,(H,30,31). The van der Waals surface area contributed by atoms with Gasteiger partial charge in [-0.2, -0.15) is 0 Å². The van der Waals surface area contributed by atoms with Gasteiger partial charge in [0, 0.05) is 55.6 Å². The SMILES string of the molecule is Cc1c[nH]c2ncc(-c3cc4c(c(C5CCCN5)c3)CN(C(=O)N3CC5CCC(C3)O5)CC4)cc12. The molecule has 2 amide bonds. The molecule has 0 radical (unpaired) electrons. The van der Waals surface area contributed by atoms with Crippen molar-refractivity contribution in [2.45, 2.75) is 63.8 Å². The van der Waals surface area contributed by atoms with Crippen LogP contribution in [0.2, 0.25) is 0 Å². The number of hydrogen-bond donors (Lipinski definition) is 2. The zero-order valence-corrected chi connectivity index (χ0v) is 20.3. The first kappa shape index (κ1) is 21.4. The largest absolute Gasteiger partial charge is 0.371 e. The van der Waals surface area contributed by atoms with E-state index in [1.54, 1.807) is 0 Å². The molecule has 7 heteroatoms. The van der Waals surface area contributed by atoms with Crippen molar-refractivity contribution in [3.8, 4) is 11.1 Å². The molecule has 0 spiro atoms. The maximum Gasteiger partial charge on any atom is 0.320 e. The van der Waals surface area contributed by atoms with Crippen LogP contribution in [-0.2, 0) is 17.7 Å². The number of likely N-dealkylation sites (tertiary alicyclic amines) is 1. The predicted octanol–water partition coefficient (Wildman–Crippen LogP) is 4.30. The topological polar surface area (TPSA) is 73.5 Å². The Morgan fingerprint density at radius 1 is 1.09 bits per heavy atom. The van der Waals surface area contributed by atoms with Crippen LogP contribution in [0.15, 0.2) is 30.6 Å². The fourth-order valence-electron chi connectivity index (χ4n) is 6.55. The maximum atomic E-state index is 13.5. The van der Waals surface area contributed by atoms with Gasteiger partial charge in [-0.25, -0.2) is 9.78 Å². The summed E-state index contributed by atoms with van der Waals surface area (Å²) in [5.74, 6) is 0. The highest BCUT2D eigenvalue weighted by atomic mass is 16.5. The van der Waals surface area contributed by atoms with E-state index < -0.39 is 0 Å². The van der Waals surface area contributed by atoms with Gasteiger partial charge in [0.1, 0.15) is 5.65 Å². The Bertz CT molecular complexity index is 1280. The number of nitrogens with one attached hydrogen (secondary N) is 2. The maximum absolute atomic E-state index is 13.5. The molecular weight excluding hydrogens is 438 g/mol. The summed E-state index contributed by atoms with van der Waals surface area (Å²) in [5, 5.41) is 4.89. The molecule has 3 atom stereocenters. The number of hydrogen-bond acceptors (Lipinski definition) is 4. The first-order chi connectivity index (χ1) is 17.1. The average Bonchev–Trinajstić information content (AvgIpc) is 3.63. The predicted molar refractivity (Wildman–Crippen MR) is 135 cm³/mol. The third-order valence-electron chi connectivity index (χ3n) is 8.47. The normalized spacial score (nSPS) is 25.9. The highest BCUT2D eigenvalue weighted by Crippen LogP contribution is 2.37. The number of H-pyrrole nitrogens is 1. The Morgan fingerprint density at radius 2 is 1.94 bits per heavy atom. The molecule has 1 aromatic carbocycles. The number of pyridine rings is 1. The average molecular weight is 472 g/mol. The number of aromatic amines is 1. The first-order valence-corrected chi connectivity index (χ1v) is 13.1. The zero-order chi connectivity index (χ0) is 23.5. The number of carbonyl (C=O) groups is 1. The lowest BCUT2D eigenvalue weighted by Crippen LogP contribution is -2.52. The van der Waals surface area contributed by atoms with E-state index in [-0.39, 0.29) is 18.2 Å². The molecule has 4 aliphatic rings. The molecule has 6 heterocycles. The lowest BCUT2D eigenvalue weighted by atomic mass is 9.87. The third-order valence-corrected chi connectivity index (χ3v) is 8.47. The number of aromatic nitrogens is 2. The van der Waals surface area contributed by atoms with Crippen molar-refractivity contribution in [3.63, 3.8) is 0 Å². The minimum Gasteiger partial charge on any atom is -0.371 e. The van der Waals surface area contributed by atoms with Crippen LogP contribution in [0.3, 0.4) is 0 Å². The van der Waals surface area contributed by atoms with E-state index in [9.17, 15) is 4.79 Å². The van der Waals surface area contributed by atoms with Crippen LogP contribution in [0.1, 0.15) is 54.0 Å². The quantitative estimate of drug-likeness (QED) is 0.584. The second-order valence-corrected chi connectivity index (χ2v) is 10.8. The number of aryl methyl sites for hydroxylation is 1. The van der Waals surface area contributed by atoms with E-state index in [1.165, 1.54) is 39.6 Å². The van der Waals surface area contributed by atoms with E-state index in [2.05, 4.69) is 45.3 Å². The lowest BCUT2D eigenvalue weighted by Gasteiger charge is -2.38. The van der Waals surface area contributed by atoms with E-state index in [0.29, 0.717) is 12.6 Å². The van der Waals surface area contributed by atoms with E-state index in [4.69, 9.17) is 4.74 Å². The van der Waals surface area contributed by atoms with Crippen molar-refractivity contribution < 1.29 is 9.53 Å². The highest BCUT2D eigenvalue weighted by molar-refractivity contribution is 5.84. The number of benzene rings is 1. The van der Waals surface area contributed by atoms with Crippen LogP contribution < -0.4 is 5.32 Å². The summed E-state index contributed by atoms with van der Waals surface area (Å²) < 4.78 is 5.96. The summed E-state index contributed by atoms with van der Waals surface area (Å²) in [6, 6.07) is 7.49. The number of amides is 2. The number of carbonyl (C=O) groups excluding carboxylic acids is 1. The zero-order valence-electron chi connectivity index (χ0n) is 20.3. The summed E-state index contributed by atoms with van der Waals surface area (Å²) in [4.78, 5) is 25.6. The molecule has 7 nitrogen and oxygen atoms in total. The van der Waals surface area contributed by atoms with Crippen LogP contribution in [0, 0.1) is 6.92 Å². The summed E-state index contributed by atoms with van der Waals surface area (Å²) in [6.45, 7) is 6.12. The van der Waals surface area contributed by atoms with Crippen LogP contribution in [-0.4, -0.2) is 64.2 Å². The number of fused-ring (bicyclic) bond motifs is 4. The summed E-state index contributed by atoms with van der Waals surface area (Å²) in [5.41, 5.74) is 8.62. The molecule has 35 heavy (non-hydrogen) atoms. The second kappa shape index (κ2) is 8.35. The molecule has 3 aromatic rings. The molecular formula is C28H33N5O2. The molecule has 4 aliphatic heterocycles. The van der Waals surface area contributed by atoms with Crippen molar-refractivity contribution in [2.75, 3.05) is 26.2 Å². The van der Waals surface area contributed by atoms with Gasteiger partial charge in [0.25, 0.3) is 0 Å². The molecule has 2 aromatic heterocycles. The molecule has 3 fully saturated rings. The van der Waals surface area contributed by atoms with Gasteiger partial charge >= 0.3 is 6.03 Å². The third kappa shape index (κ3) is 3.72. The highest BCUT2D eigenvalue weighted by Gasteiger charge is 2.38. The Hall–Kier alpha value is -2.90. The van der Waals surface area contributed by atoms with Gasteiger partial charge in [-0.15, -0.1) is 0 Å². The number of nitrogens with zero attached hydrogens (tertiary/aromatic N) is 3. The van der Waals surface area contributed by atoms with Crippen LogP contribution in [0.4, 0.5) is 4.79 Å². The van der Waals surface area contributed by atoms with Gasteiger partial charge in [0.15, 0.2) is 0 Å². The minimum absolute atomic E-state index is 0.183. The smallest absolute Gasteiger partial charge is 0.320 e. The molecule has 2 bridgehead atoms. The summed E-state index contributed by atoms with van der Waals surface area (Å²) in [7, 11) is 0. The van der Waals surface area contributed by atoms with Gasteiger partial charge < -0.3 is 24.8 Å². The molecule has 182 valence electrons. The van der Waals surface area contributed by atoms with Crippen LogP contribution in [0.5, 0.6) is 0 Å². The minimum atomic E-state index is 0.183. The van der Waals surface area contributed by atoms with Crippen molar-refractivity contribution in [3.05, 3.63) is 52.8 Å².